The van der Waals surface area contributed by atoms with Crippen molar-refractivity contribution in [2.45, 2.75) is 26.3 Å². The minimum atomic E-state index is -0.268. The molecule has 0 aliphatic rings. The lowest BCUT2D eigenvalue weighted by atomic mass is 10.0. The summed E-state index contributed by atoms with van der Waals surface area (Å²) in [5.74, 6) is 0.168. The molecule has 70 valence electrons. The van der Waals surface area contributed by atoms with Crippen molar-refractivity contribution in [2.24, 2.45) is 5.92 Å². The summed E-state index contributed by atoms with van der Waals surface area (Å²) in [6.07, 6.45) is 1.14. The first-order valence-electron chi connectivity index (χ1n) is 4.03. The third-order valence-corrected chi connectivity index (χ3v) is 1.57. The summed E-state index contributed by atoms with van der Waals surface area (Å²) in [5, 5.41) is 4.97. The average Bonchev–Trinajstić information content (AvgIpc) is 2.00. The van der Waals surface area contributed by atoms with Gasteiger partial charge in [0.15, 0.2) is 0 Å². The molecule has 0 aliphatic heterocycles. The van der Waals surface area contributed by atoms with Crippen LogP contribution in [-0.2, 0) is 9.59 Å². The molecule has 0 aliphatic carbocycles. The predicted molar refractivity (Wildman–Crippen MR) is 46.5 cm³/mol. The quantitative estimate of drug-likeness (QED) is 0.569. The molecule has 0 unspecified atom stereocenters. The number of likely N-dealkylation sites (N-methyl/N-ethyl adjacent to an activating group) is 1. The first kappa shape index (κ1) is 11.1. The van der Waals surface area contributed by atoms with Crippen molar-refractivity contribution in [3.8, 4) is 0 Å². The molecule has 0 saturated heterocycles. The molecule has 1 atom stereocenters. The van der Waals surface area contributed by atoms with Crippen LogP contribution in [0, 0.1) is 5.92 Å². The van der Waals surface area contributed by atoms with E-state index in [2.05, 4.69) is 10.6 Å². The van der Waals surface area contributed by atoms with Crippen LogP contribution < -0.4 is 10.6 Å². The van der Waals surface area contributed by atoms with Crippen molar-refractivity contribution >= 4 is 12.3 Å². The summed E-state index contributed by atoms with van der Waals surface area (Å²) in [5.41, 5.74) is 0. The van der Waals surface area contributed by atoms with Crippen LogP contribution >= 0.6 is 0 Å². The lowest BCUT2D eigenvalue weighted by Gasteiger charge is -2.15. The Morgan fingerprint density at radius 3 is 2.42 bits per heavy atom. The van der Waals surface area contributed by atoms with Gasteiger partial charge in [-0.05, 0) is 19.4 Å². The van der Waals surface area contributed by atoms with Gasteiger partial charge in [-0.1, -0.05) is 13.8 Å². The number of carbonyl (C=O) groups is 2. The molecule has 0 saturated carbocycles. The van der Waals surface area contributed by atoms with E-state index in [0.717, 1.165) is 6.42 Å². The number of amides is 2. The van der Waals surface area contributed by atoms with Crippen LogP contribution in [0.4, 0.5) is 0 Å². The molecular weight excluding hydrogens is 156 g/mol. The maximum Gasteiger partial charge on any atom is 0.243 e. The van der Waals surface area contributed by atoms with Crippen LogP contribution in [0.15, 0.2) is 0 Å². The second kappa shape index (κ2) is 5.71. The summed E-state index contributed by atoms with van der Waals surface area (Å²) < 4.78 is 0. The molecule has 0 aromatic carbocycles. The number of nitrogens with one attached hydrogen (secondary N) is 2. The largest absolute Gasteiger partial charge is 0.309 e. The molecule has 0 aromatic rings. The average molecular weight is 172 g/mol. The maximum absolute atomic E-state index is 11.1. The minimum Gasteiger partial charge on any atom is -0.309 e. The third kappa shape index (κ3) is 4.08. The van der Waals surface area contributed by atoms with E-state index in [1.807, 2.05) is 13.8 Å². The van der Waals surface area contributed by atoms with E-state index in [0.29, 0.717) is 12.3 Å². The van der Waals surface area contributed by atoms with Crippen LogP contribution in [-0.4, -0.2) is 25.4 Å². The summed E-state index contributed by atoms with van der Waals surface area (Å²) >= 11 is 0. The standard InChI is InChI=1S/C8H16N2O2/c1-6(2)4-7(9-3)8(12)10-5-11/h5-7,9H,4H2,1-3H3,(H,10,11,12)/t7-/m0/s1. The Bertz CT molecular complexity index is 157. The molecule has 2 N–H and O–H groups in total. The number of hydrogen-bond donors (Lipinski definition) is 2. The number of imide groups is 1. The SMILES string of the molecule is CN[C@@H](CC(C)C)C(=O)NC=O. The van der Waals surface area contributed by atoms with Crippen molar-refractivity contribution in [1.29, 1.82) is 0 Å². The Morgan fingerprint density at radius 2 is 2.08 bits per heavy atom. The Morgan fingerprint density at radius 1 is 1.50 bits per heavy atom. The molecule has 2 amide bonds. The fraction of sp³-hybridized carbons (Fsp3) is 0.750. The second-order valence-electron chi connectivity index (χ2n) is 3.10. The monoisotopic (exact) mass is 172 g/mol. The van der Waals surface area contributed by atoms with Gasteiger partial charge >= 0.3 is 0 Å². The highest BCUT2D eigenvalue weighted by molar-refractivity contribution is 5.89. The smallest absolute Gasteiger partial charge is 0.243 e. The third-order valence-electron chi connectivity index (χ3n) is 1.57. The number of hydrogen-bond acceptors (Lipinski definition) is 3. The van der Waals surface area contributed by atoms with Crippen LogP contribution in [0.3, 0.4) is 0 Å². The molecule has 4 nitrogen and oxygen atoms in total. The highest BCUT2D eigenvalue weighted by Crippen LogP contribution is 2.03. The molecular formula is C8H16N2O2. The lowest BCUT2D eigenvalue weighted by molar-refractivity contribution is -0.127. The van der Waals surface area contributed by atoms with Gasteiger partial charge in [0.1, 0.15) is 0 Å². The molecule has 0 spiro atoms. The topological polar surface area (TPSA) is 58.2 Å². The second-order valence-corrected chi connectivity index (χ2v) is 3.10. The molecule has 0 aromatic heterocycles. The van der Waals surface area contributed by atoms with E-state index in [1.54, 1.807) is 7.05 Å². The molecule has 0 fully saturated rings. The van der Waals surface area contributed by atoms with E-state index >= 15 is 0 Å². The van der Waals surface area contributed by atoms with E-state index in [4.69, 9.17) is 0 Å². The van der Waals surface area contributed by atoms with Gasteiger partial charge in [-0.2, -0.15) is 0 Å². The molecule has 12 heavy (non-hydrogen) atoms. The summed E-state index contributed by atoms with van der Waals surface area (Å²) in [7, 11) is 1.71. The normalized spacial score (nSPS) is 12.7. The van der Waals surface area contributed by atoms with Gasteiger partial charge in [-0.3, -0.25) is 14.9 Å². The zero-order valence-corrected chi connectivity index (χ0v) is 7.76. The molecule has 4 heteroatoms. The van der Waals surface area contributed by atoms with Gasteiger partial charge in [-0.15, -0.1) is 0 Å². The van der Waals surface area contributed by atoms with E-state index < -0.39 is 0 Å². The van der Waals surface area contributed by atoms with Crippen LogP contribution in [0.25, 0.3) is 0 Å². The highest BCUT2D eigenvalue weighted by atomic mass is 16.2. The zero-order valence-electron chi connectivity index (χ0n) is 7.76. The van der Waals surface area contributed by atoms with Crippen molar-refractivity contribution in [3.05, 3.63) is 0 Å². The van der Waals surface area contributed by atoms with Gasteiger partial charge in [0, 0.05) is 0 Å². The summed E-state index contributed by atoms with van der Waals surface area (Å²) in [6, 6.07) is -0.268. The number of rotatable bonds is 5. The first-order valence-corrected chi connectivity index (χ1v) is 4.03. The Labute approximate surface area is 72.7 Å². The molecule has 0 bridgehead atoms. The minimum absolute atomic E-state index is 0.263. The summed E-state index contributed by atoms with van der Waals surface area (Å²) in [6.45, 7) is 4.05. The van der Waals surface area contributed by atoms with Gasteiger partial charge in [-0.25, -0.2) is 0 Å². The van der Waals surface area contributed by atoms with Gasteiger partial charge in [0.2, 0.25) is 12.3 Å². The van der Waals surface area contributed by atoms with Crippen molar-refractivity contribution < 1.29 is 9.59 Å². The van der Waals surface area contributed by atoms with Crippen molar-refractivity contribution in [2.75, 3.05) is 7.05 Å². The zero-order chi connectivity index (χ0) is 9.56. The highest BCUT2D eigenvalue weighted by Gasteiger charge is 2.16. The Kier molecular flexibility index (Phi) is 5.28. The fourth-order valence-electron chi connectivity index (χ4n) is 0.986. The van der Waals surface area contributed by atoms with E-state index in [9.17, 15) is 9.59 Å². The van der Waals surface area contributed by atoms with Crippen LogP contribution in [0.2, 0.25) is 0 Å². The summed E-state index contributed by atoms with van der Waals surface area (Å²) in [4.78, 5) is 21.1. The van der Waals surface area contributed by atoms with Gasteiger partial charge in [0.25, 0.3) is 0 Å². The Hall–Kier alpha value is -0.900. The Balaban J connectivity index is 3.95. The van der Waals surface area contributed by atoms with E-state index in [1.165, 1.54) is 0 Å². The van der Waals surface area contributed by atoms with Crippen molar-refractivity contribution in [3.63, 3.8) is 0 Å². The molecule has 0 rings (SSSR count). The van der Waals surface area contributed by atoms with Crippen LogP contribution in [0.5, 0.6) is 0 Å². The molecule has 0 radical (unpaired) electrons. The maximum atomic E-state index is 11.1. The number of carbonyl (C=O) groups excluding carboxylic acids is 2. The first-order chi connectivity index (χ1) is 5.61. The van der Waals surface area contributed by atoms with E-state index in [-0.39, 0.29) is 11.9 Å². The molecule has 0 heterocycles. The van der Waals surface area contributed by atoms with Crippen LogP contribution in [0.1, 0.15) is 20.3 Å². The van der Waals surface area contributed by atoms with Crippen molar-refractivity contribution in [1.82, 2.24) is 10.6 Å². The van der Waals surface area contributed by atoms with Gasteiger partial charge in [0.05, 0.1) is 6.04 Å². The van der Waals surface area contributed by atoms with Gasteiger partial charge < -0.3 is 5.32 Å². The lowest BCUT2D eigenvalue weighted by Crippen LogP contribution is -2.42. The fourth-order valence-corrected chi connectivity index (χ4v) is 0.986. The predicted octanol–water partition coefficient (Wildman–Crippen LogP) is -0.107.